The molecule has 0 aliphatic heterocycles. The minimum atomic E-state index is -3.64. The summed E-state index contributed by atoms with van der Waals surface area (Å²) >= 11 is 4.50. The predicted octanol–water partition coefficient (Wildman–Crippen LogP) is 0.583. The fourth-order valence-electron chi connectivity index (χ4n) is 0.941. The van der Waals surface area contributed by atoms with Crippen LogP contribution in [0.25, 0.3) is 0 Å². The summed E-state index contributed by atoms with van der Waals surface area (Å²) in [6, 6.07) is 1.49. The maximum absolute atomic E-state index is 11.6. The van der Waals surface area contributed by atoms with E-state index in [0.717, 1.165) is 3.79 Å². The van der Waals surface area contributed by atoms with Crippen LogP contribution in [0.4, 0.5) is 0 Å². The topological polar surface area (TPSA) is 89.3 Å². The second-order valence-corrected chi connectivity index (χ2v) is 7.13. The van der Waals surface area contributed by atoms with Crippen LogP contribution < -0.4 is 10.5 Å². The lowest BCUT2D eigenvalue weighted by Crippen LogP contribution is -2.33. The van der Waals surface area contributed by atoms with Crippen LogP contribution >= 0.6 is 27.3 Å². The summed E-state index contributed by atoms with van der Waals surface area (Å²) in [6.45, 7) is 1.30. The van der Waals surface area contributed by atoms with Crippen LogP contribution in [0.2, 0.25) is 0 Å². The Bertz CT molecular complexity index is 480. The fraction of sp³-hybridized carbons (Fsp3) is 0.286. The summed E-state index contributed by atoms with van der Waals surface area (Å²) in [4.78, 5) is 11.3. The highest BCUT2D eigenvalue weighted by Gasteiger charge is 2.19. The molecule has 0 atom stereocenters. The lowest BCUT2D eigenvalue weighted by Gasteiger charge is -2.03. The Morgan fingerprint density at radius 3 is 2.67 bits per heavy atom. The monoisotopic (exact) mass is 312 g/mol. The second kappa shape index (κ2) is 4.60. The van der Waals surface area contributed by atoms with Crippen LogP contribution in [0.15, 0.2) is 14.7 Å². The number of hydrogen-bond donors (Lipinski definition) is 2. The first-order valence-corrected chi connectivity index (χ1v) is 6.96. The van der Waals surface area contributed by atoms with Crippen molar-refractivity contribution < 1.29 is 13.2 Å². The predicted molar refractivity (Wildman–Crippen MR) is 61.1 cm³/mol. The molecule has 0 spiro atoms. The highest BCUT2D eigenvalue weighted by Crippen LogP contribution is 2.29. The fourth-order valence-corrected chi connectivity index (χ4v) is 4.35. The van der Waals surface area contributed by atoms with Gasteiger partial charge in [0.2, 0.25) is 15.9 Å². The van der Waals surface area contributed by atoms with Crippen molar-refractivity contribution in [2.24, 2.45) is 5.73 Å². The molecule has 5 nitrogen and oxygen atoms in total. The van der Waals surface area contributed by atoms with E-state index >= 15 is 0 Å². The van der Waals surface area contributed by atoms with Gasteiger partial charge in [-0.05, 0) is 28.9 Å². The molecule has 0 aromatic carbocycles. The Morgan fingerprint density at radius 1 is 1.67 bits per heavy atom. The largest absolute Gasteiger partial charge is 0.369 e. The number of carbonyl (C=O) groups is 1. The van der Waals surface area contributed by atoms with Gasteiger partial charge in [-0.3, -0.25) is 4.79 Å². The van der Waals surface area contributed by atoms with E-state index in [-0.39, 0.29) is 4.90 Å². The normalized spacial score (nSPS) is 11.6. The van der Waals surface area contributed by atoms with Crippen LogP contribution in [0.3, 0.4) is 0 Å². The number of rotatable bonds is 4. The quantitative estimate of drug-likeness (QED) is 0.852. The zero-order valence-corrected chi connectivity index (χ0v) is 11.0. The lowest BCUT2D eigenvalue weighted by molar-refractivity contribution is -0.116. The summed E-state index contributed by atoms with van der Waals surface area (Å²) in [5.41, 5.74) is 4.85. The van der Waals surface area contributed by atoms with Crippen molar-refractivity contribution in [3.05, 3.63) is 14.7 Å². The molecule has 8 heteroatoms. The van der Waals surface area contributed by atoms with Crippen molar-refractivity contribution in [2.45, 2.75) is 11.8 Å². The zero-order chi connectivity index (χ0) is 11.6. The highest BCUT2D eigenvalue weighted by atomic mass is 79.9. The first kappa shape index (κ1) is 12.6. The van der Waals surface area contributed by atoms with Crippen molar-refractivity contribution >= 4 is 43.2 Å². The molecule has 0 bridgehead atoms. The van der Waals surface area contributed by atoms with Crippen molar-refractivity contribution in [3.63, 3.8) is 0 Å². The van der Waals surface area contributed by atoms with Gasteiger partial charge in [-0.15, -0.1) is 11.3 Å². The number of hydrogen-bond acceptors (Lipinski definition) is 4. The number of nitrogens with one attached hydrogen (secondary N) is 1. The molecule has 0 unspecified atom stereocenters. The van der Waals surface area contributed by atoms with E-state index in [1.807, 2.05) is 0 Å². The average molecular weight is 313 g/mol. The van der Waals surface area contributed by atoms with Crippen LogP contribution in [-0.4, -0.2) is 20.9 Å². The van der Waals surface area contributed by atoms with Gasteiger partial charge in [0, 0.05) is 4.88 Å². The van der Waals surface area contributed by atoms with Gasteiger partial charge in [0.25, 0.3) is 0 Å². The van der Waals surface area contributed by atoms with Gasteiger partial charge in [0.1, 0.15) is 0 Å². The molecule has 3 N–H and O–H groups in total. The number of halogens is 1. The summed E-state index contributed by atoms with van der Waals surface area (Å²) < 4.78 is 26.1. The molecule has 1 aromatic heterocycles. The Balaban J connectivity index is 2.96. The molecule has 1 aromatic rings. The van der Waals surface area contributed by atoms with Crippen LogP contribution in [0.1, 0.15) is 4.88 Å². The van der Waals surface area contributed by atoms with Gasteiger partial charge in [0.15, 0.2) is 0 Å². The van der Waals surface area contributed by atoms with E-state index in [9.17, 15) is 13.2 Å². The lowest BCUT2D eigenvalue weighted by atomic mass is 10.5. The SMILES string of the molecule is Cc1sc(Br)cc1S(=O)(=O)NCC(N)=O. The molecule has 15 heavy (non-hydrogen) atoms. The Kier molecular flexibility index (Phi) is 3.87. The molecule has 1 rings (SSSR count). The van der Waals surface area contributed by atoms with Gasteiger partial charge >= 0.3 is 0 Å². The molecule has 0 radical (unpaired) electrons. The van der Waals surface area contributed by atoms with Crippen LogP contribution in [0, 0.1) is 6.92 Å². The van der Waals surface area contributed by atoms with E-state index in [2.05, 4.69) is 20.7 Å². The van der Waals surface area contributed by atoms with Crippen molar-refractivity contribution in [1.29, 1.82) is 0 Å². The number of thiophene rings is 1. The van der Waals surface area contributed by atoms with E-state index < -0.39 is 22.5 Å². The molecule has 0 aliphatic carbocycles. The number of amides is 1. The summed E-state index contributed by atoms with van der Waals surface area (Å²) in [5, 5.41) is 0. The minimum Gasteiger partial charge on any atom is -0.369 e. The van der Waals surface area contributed by atoms with E-state index in [1.54, 1.807) is 6.92 Å². The summed E-state index contributed by atoms with van der Waals surface area (Å²) in [6.07, 6.45) is 0. The first-order valence-electron chi connectivity index (χ1n) is 3.87. The molecular weight excluding hydrogens is 304 g/mol. The molecule has 1 amide bonds. The maximum atomic E-state index is 11.6. The number of primary amides is 1. The van der Waals surface area contributed by atoms with E-state index in [0.29, 0.717) is 4.88 Å². The van der Waals surface area contributed by atoms with E-state index in [4.69, 9.17) is 5.73 Å². The van der Waals surface area contributed by atoms with Gasteiger partial charge in [-0.25, -0.2) is 13.1 Å². The van der Waals surface area contributed by atoms with Crippen molar-refractivity contribution in [1.82, 2.24) is 4.72 Å². The van der Waals surface area contributed by atoms with Gasteiger partial charge < -0.3 is 5.73 Å². The van der Waals surface area contributed by atoms with E-state index in [1.165, 1.54) is 17.4 Å². The standard InChI is InChI=1S/C7H9BrN2O3S2/c1-4-5(2-6(8)14-4)15(12,13)10-3-7(9)11/h2,10H,3H2,1H3,(H2,9,11). The molecule has 0 saturated heterocycles. The molecule has 0 saturated carbocycles. The number of nitrogens with two attached hydrogens (primary N) is 1. The van der Waals surface area contributed by atoms with Gasteiger partial charge in [-0.1, -0.05) is 0 Å². The Hall–Kier alpha value is -0.440. The van der Waals surface area contributed by atoms with Crippen molar-refractivity contribution in [3.8, 4) is 0 Å². The maximum Gasteiger partial charge on any atom is 0.242 e. The highest BCUT2D eigenvalue weighted by molar-refractivity contribution is 9.11. The molecule has 1 heterocycles. The number of sulfonamides is 1. The average Bonchev–Trinajstić information content (AvgIpc) is 2.43. The molecule has 0 aliphatic rings. The van der Waals surface area contributed by atoms with Crippen molar-refractivity contribution in [2.75, 3.05) is 6.54 Å². The Labute approximate surface area is 99.8 Å². The third kappa shape index (κ3) is 3.26. The van der Waals surface area contributed by atoms with Crippen LogP contribution in [-0.2, 0) is 14.8 Å². The number of aryl methyl sites for hydroxylation is 1. The zero-order valence-electron chi connectivity index (χ0n) is 7.78. The molecule has 0 fully saturated rings. The summed E-state index contributed by atoms with van der Waals surface area (Å²) in [5.74, 6) is -0.717. The summed E-state index contributed by atoms with van der Waals surface area (Å²) in [7, 11) is -3.64. The molecular formula is C7H9BrN2O3S2. The smallest absolute Gasteiger partial charge is 0.242 e. The Morgan fingerprint density at radius 2 is 2.27 bits per heavy atom. The van der Waals surface area contributed by atoms with Gasteiger partial charge in [0.05, 0.1) is 15.2 Å². The third-order valence-electron chi connectivity index (χ3n) is 1.57. The third-order valence-corrected chi connectivity index (χ3v) is 4.78. The molecule has 84 valence electrons. The van der Waals surface area contributed by atoms with Gasteiger partial charge in [-0.2, -0.15) is 0 Å². The van der Waals surface area contributed by atoms with Crippen LogP contribution in [0.5, 0.6) is 0 Å². The first-order chi connectivity index (χ1) is 6.83. The number of carbonyl (C=O) groups excluding carboxylic acids is 1. The second-order valence-electron chi connectivity index (χ2n) is 2.76. The minimum absolute atomic E-state index is 0.167.